The zero-order valence-corrected chi connectivity index (χ0v) is 45.0. The lowest BCUT2D eigenvalue weighted by molar-refractivity contribution is -0.300. The van der Waals surface area contributed by atoms with E-state index in [4.69, 9.17) is 28.4 Å². The van der Waals surface area contributed by atoms with E-state index < -0.39 is 48.6 Å². The standard InChI is InChI=1S/C63H96O9/c1-3-5-7-9-11-13-15-17-19-21-23-25-27-29-31-42-50-67-52-56-57(70-60(64)53-44-36-33-37-45-53)58(71-61(65)54-46-38-34-39-47-54)59(72-62(66)55-48-40-35-41-49-55)63(69-56)68-51-43-32-30-28-26-24-22-20-18-16-14-12-10-8-6-4-2/h33-41,44-49,56-59,63H,3-32,42-43,50-52H2,1-2H3/t56-,57-,58+,59-,63+/m1/s1. The fourth-order valence-electron chi connectivity index (χ4n) is 9.65. The molecule has 402 valence electrons. The van der Waals surface area contributed by atoms with Crippen molar-refractivity contribution in [2.75, 3.05) is 19.8 Å². The second kappa shape index (κ2) is 40.4. The smallest absolute Gasteiger partial charge is 0.338 e. The monoisotopic (exact) mass is 997 g/mol. The van der Waals surface area contributed by atoms with Gasteiger partial charge in [-0.2, -0.15) is 0 Å². The third kappa shape index (κ3) is 26.2. The summed E-state index contributed by atoms with van der Waals surface area (Å²) in [4.78, 5) is 41.7. The fourth-order valence-corrected chi connectivity index (χ4v) is 9.65. The van der Waals surface area contributed by atoms with Crippen LogP contribution in [0.25, 0.3) is 0 Å². The van der Waals surface area contributed by atoms with Gasteiger partial charge >= 0.3 is 17.9 Å². The molecule has 1 aliphatic rings. The normalized spacial score (nSPS) is 17.7. The highest BCUT2D eigenvalue weighted by molar-refractivity contribution is 5.91. The molecule has 1 aliphatic heterocycles. The molecule has 0 unspecified atom stereocenters. The fraction of sp³-hybridized carbons (Fsp3) is 0.667. The summed E-state index contributed by atoms with van der Waals surface area (Å²) in [6.07, 6.45) is 34.8. The van der Waals surface area contributed by atoms with Crippen molar-refractivity contribution in [3.63, 3.8) is 0 Å². The summed E-state index contributed by atoms with van der Waals surface area (Å²) < 4.78 is 38.3. The molecule has 1 saturated heterocycles. The van der Waals surface area contributed by atoms with Crippen LogP contribution in [0.1, 0.15) is 250 Å². The predicted molar refractivity (Wildman–Crippen MR) is 291 cm³/mol. The Hall–Kier alpha value is -4.05. The molecular weight excluding hydrogens is 901 g/mol. The number of carbonyl (C=O) groups is 3. The SMILES string of the molecule is CCCCCCCCCCCCCCCCCCOC[C@H]1O[C@H](OCCCCCCCCCCCCCCCCCC)[C@H](OC(=O)c2ccccc2)[C@@H](OC(=O)c2ccccc2)[C@@H]1OC(=O)c1ccccc1. The Balaban J connectivity index is 1.35. The van der Waals surface area contributed by atoms with Crippen LogP contribution in [0.2, 0.25) is 0 Å². The minimum absolute atomic E-state index is 0.0448. The molecule has 1 heterocycles. The van der Waals surface area contributed by atoms with E-state index in [1.54, 1.807) is 72.8 Å². The molecule has 9 heteroatoms. The Morgan fingerprint density at radius 2 is 0.653 bits per heavy atom. The highest BCUT2D eigenvalue weighted by Crippen LogP contribution is 2.32. The summed E-state index contributed by atoms with van der Waals surface area (Å²) in [5.41, 5.74) is 0.926. The van der Waals surface area contributed by atoms with Gasteiger partial charge in [-0.25, -0.2) is 14.4 Å². The Kier molecular flexibility index (Phi) is 33.9. The van der Waals surface area contributed by atoms with Gasteiger partial charge in [-0.1, -0.05) is 261 Å². The Labute approximate surface area is 436 Å². The van der Waals surface area contributed by atoms with Gasteiger partial charge in [-0.05, 0) is 49.2 Å². The average Bonchev–Trinajstić information content (AvgIpc) is 3.41. The molecule has 0 bridgehead atoms. The minimum Gasteiger partial charge on any atom is -0.452 e. The first kappa shape index (κ1) is 60.5. The molecule has 3 aromatic carbocycles. The second-order valence-electron chi connectivity index (χ2n) is 20.3. The van der Waals surface area contributed by atoms with Gasteiger partial charge < -0.3 is 28.4 Å². The minimum atomic E-state index is -1.30. The zero-order chi connectivity index (χ0) is 50.9. The molecule has 0 aliphatic carbocycles. The van der Waals surface area contributed by atoms with Crippen LogP contribution in [0.15, 0.2) is 91.0 Å². The van der Waals surface area contributed by atoms with E-state index in [2.05, 4.69) is 13.8 Å². The van der Waals surface area contributed by atoms with E-state index in [-0.39, 0.29) is 6.61 Å². The van der Waals surface area contributed by atoms with Gasteiger partial charge in [0.05, 0.1) is 23.3 Å². The van der Waals surface area contributed by atoms with Crippen LogP contribution in [0.5, 0.6) is 0 Å². The van der Waals surface area contributed by atoms with Crippen molar-refractivity contribution >= 4 is 17.9 Å². The number of esters is 3. The van der Waals surface area contributed by atoms with Gasteiger partial charge in [0.2, 0.25) is 0 Å². The van der Waals surface area contributed by atoms with Crippen molar-refractivity contribution in [3.05, 3.63) is 108 Å². The van der Waals surface area contributed by atoms with Crippen LogP contribution in [0.4, 0.5) is 0 Å². The predicted octanol–water partition coefficient (Wildman–Crippen LogP) is 16.9. The molecule has 0 saturated carbocycles. The summed E-state index contributed by atoms with van der Waals surface area (Å²) in [6.45, 7) is 5.42. The number of ether oxygens (including phenoxy) is 6. The molecule has 9 nitrogen and oxygen atoms in total. The first-order chi connectivity index (χ1) is 35.5. The van der Waals surface area contributed by atoms with E-state index >= 15 is 0 Å². The van der Waals surface area contributed by atoms with Crippen LogP contribution in [0, 0.1) is 0 Å². The number of unbranched alkanes of at least 4 members (excludes halogenated alkanes) is 30. The van der Waals surface area contributed by atoms with Crippen molar-refractivity contribution in [3.8, 4) is 0 Å². The van der Waals surface area contributed by atoms with E-state index in [9.17, 15) is 14.4 Å². The summed E-state index contributed by atoms with van der Waals surface area (Å²) >= 11 is 0. The van der Waals surface area contributed by atoms with Crippen molar-refractivity contribution in [1.82, 2.24) is 0 Å². The van der Waals surface area contributed by atoms with Crippen LogP contribution in [-0.4, -0.2) is 68.4 Å². The largest absolute Gasteiger partial charge is 0.452 e. The molecule has 4 rings (SSSR count). The van der Waals surface area contributed by atoms with Crippen LogP contribution < -0.4 is 0 Å². The molecular formula is C63H96O9. The summed E-state index contributed by atoms with van der Waals surface area (Å²) in [5.74, 6) is -1.94. The third-order valence-electron chi connectivity index (χ3n) is 14.1. The molecule has 5 atom stereocenters. The maximum atomic E-state index is 14.0. The number of benzene rings is 3. The maximum absolute atomic E-state index is 14.0. The van der Waals surface area contributed by atoms with Gasteiger partial charge in [-0.15, -0.1) is 0 Å². The molecule has 0 spiro atoms. The van der Waals surface area contributed by atoms with Gasteiger partial charge in [-0.3, -0.25) is 0 Å². The molecule has 3 aromatic rings. The second-order valence-corrected chi connectivity index (χ2v) is 20.3. The first-order valence-corrected chi connectivity index (χ1v) is 29.1. The average molecular weight is 997 g/mol. The number of rotatable bonds is 43. The van der Waals surface area contributed by atoms with E-state index in [1.165, 1.54) is 167 Å². The van der Waals surface area contributed by atoms with Crippen molar-refractivity contribution in [2.24, 2.45) is 0 Å². The van der Waals surface area contributed by atoms with Crippen molar-refractivity contribution in [2.45, 2.75) is 250 Å². The van der Waals surface area contributed by atoms with E-state index in [1.807, 2.05) is 18.2 Å². The molecule has 72 heavy (non-hydrogen) atoms. The van der Waals surface area contributed by atoms with E-state index in [0.29, 0.717) is 29.9 Å². The Morgan fingerprint density at radius 3 is 1.00 bits per heavy atom. The first-order valence-electron chi connectivity index (χ1n) is 29.1. The summed E-state index contributed by atoms with van der Waals surface area (Å²) in [7, 11) is 0. The lowest BCUT2D eigenvalue weighted by Crippen LogP contribution is -2.63. The Bertz CT molecular complexity index is 1770. The highest BCUT2D eigenvalue weighted by atomic mass is 16.7. The third-order valence-corrected chi connectivity index (χ3v) is 14.1. The van der Waals surface area contributed by atoms with Crippen LogP contribution >= 0.6 is 0 Å². The molecule has 0 aromatic heterocycles. The maximum Gasteiger partial charge on any atom is 0.338 e. The number of carbonyl (C=O) groups excluding carboxylic acids is 3. The van der Waals surface area contributed by atoms with Gasteiger partial charge in [0.15, 0.2) is 24.6 Å². The molecule has 0 amide bonds. The van der Waals surface area contributed by atoms with Gasteiger partial charge in [0.25, 0.3) is 0 Å². The number of hydrogen-bond acceptors (Lipinski definition) is 9. The van der Waals surface area contributed by atoms with Crippen LogP contribution in [-0.2, 0) is 28.4 Å². The Morgan fingerprint density at radius 1 is 0.361 bits per heavy atom. The van der Waals surface area contributed by atoms with Crippen molar-refractivity contribution < 1.29 is 42.8 Å². The molecule has 1 fully saturated rings. The lowest BCUT2D eigenvalue weighted by Gasteiger charge is -2.44. The number of hydrogen-bond donors (Lipinski definition) is 0. The lowest BCUT2D eigenvalue weighted by atomic mass is 9.97. The quantitative estimate of drug-likeness (QED) is 0.0311. The molecule has 0 radical (unpaired) electrons. The van der Waals surface area contributed by atoms with E-state index in [0.717, 1.165) is 38.5 Å². The topological polar surface area (TPSA) is 107 Å². The van der Waals surface area contributed by atoms with Gasteiger partial charge in [0.1, 0.15) is 6.10 Å². The zero-order valence-electron chi connectivity index (χ0n) is 45.0. The van der Waals surface area contributed by atoms with Crippen molar-refractivity contribution in [1.29, 1.82) is 0 Å². The van der Waals surface area contributed by atoms with Crippen LogP contribution in [0.3, 0.4) is 0 Å². The summed E-state index contributed by atoms with van der Waals surface area (Å²) in [5, 5.41) is 0. The van der Waals surface area contributed by atoms with Gasteiger partial charge in [0, 0.05) is 13.2 Å². The molecule has 0 N–H and O–H groups in total. The summed E-state index contributed by atoms with van der Waals surface area (Å²) in [6, 6.07) is 25.9. The highest BCUT2D eigenvalue weighted by Gasteiger charge is 2.53.